The SMILES string of the molecule is CC(=N)C(C(=O)Nc1ccccc1)=C(C)[O-]. The van der Waals surface area contributed by atoms with Gasteiger partial charge in [-0.05, 0) is 19.1 Å². The van der Waals surface area contributed by atoms with Gasteiger partial charge in [0.05, 0.1) is 0 Å². The molecule has 0 atom stereocenters. The van der Waals surface area contributed by atoms with Crippen LogP contribution in [-0.2, 0) is 4.79 Å². The Labute approximate surface area is 94.1 Å². The molecule has 0 heterocycles. The molecule has 1 rings (SSSR count). The number of nitrogens with one attached hydrogen (secondary N) is 2. The van der Waals surface area contributed by atoms with E-state index in [2.05, 4.69) is 5.32 Å². The highest BCUT2D eigenvalue weighted by atomic mass is 16.3. The quantitative estimate of drug-likeness (QED) is 0.455. The fourth-order valence-corrected chi connectivity index (χ4v) is 1.31. The molecule has 1 aromatic rings. The highest BCUT2D eigenvalue weighted by Crippen LogP contribution is 2.09. The van der Waals surface area contributed by atoms with E-state index in [0.717, 1.165) is 0 Å². The number of anilines is 1. The molecule has 0 bridgehead atoms. The number of benzene rings is 1. The zero-order valence-corrected chi connectivity index (χ0v) is 9.20. The van der Waals surface area contributed by atoms with Gasteiger partial charge >= 0.3 is 0 Å². The Morgan fingerprint density at radius 2 is 1.81 bits per heavy atom. The van der Waals surface area contributed by atoms with Crippen molar-refractivity contribution >= 4 is 17.3 Å². The number of hydrogen-bond donors (Lipinski definition) is 2. The van der Waals surface area contributed by atoms with Crippen molar-refractivity contribution in [2.24, 2.45) is 0 Å². The van der Waals surface area contributed by atoms with Gasteiger partial charge < -0.3 is 15.8 Å². The Morgan fingerprint density at radius 3 is 2.25 bits per heavy atom. The first-order valence-corrected chi connectivity index (χ1v) is 4.82. The van der Waals surface area contributed by atoms with E-state index in [9.17, 15) is 9.90 Å². The molecule has 4 nitrogen and oxygen atoms in total. The van der Waals surface area contributed by atoms with Crippen LogP contribution in [0.2, 0.25) is 0 Å². The molecule has 0 aliphatic carbocycles. The van der Waals surface area contributed by atoms with Gasteiger partial charge in [0.1, 0.15) is 0 Å². The van der Waals surface area contributed by atoms with Gasteiger partial charge in [0.25, 0.3) is 5.91 Å². The third kappa shape index (κ3) is 2.95. The van der Waals surface area contributed by atoms with E-state index in [1.54, 1.807) is 24.3 Å². The van der Waals surface area contributed by atoms with Crippen LogP contribution < -0.4 is 10.4 Å². The molecular weight excluding hydrogens is 204 g/mol. The summed E-state index contributed by atoms with van der Waals surface area (Å²) >= 11 is 0. The van der Waals surface area contributed by atoms with Gasteiger partial charge in [0.15, 0.2) is 0 Å². The summed E-state index contributed by atoms with van der Waals surface area (Å²) in [5.74, 6) is -0.938. The molecule has 0 spiro atoms. The molecule has 0 saturated heterocycles. The van der Waals surface area contributed by atoms with Crippen LogP contribution in [0.3, 0.4) is 0 Å². The predicted molar refractivity (Wildman–Crippen MR) is 61.2 cm³/mol. The van der Waals surface area contributed by atoms with E-state index in [4.69, 9.17) is 5.41 Å². The summed E-state index contributed by atoms with van der Waals surface area (Å²) < 4.78 is 0. The van der Waals surface area contributed by atoms with Crippen molar-refractivity contribution in [1.82, 2.24) is 0 Å². The van der Waals surface area contributed by atoms with Crippen molar-refractivity contribution in [2.45, 2.75) is 13.8 Å². The largest absolute Gasteiger partial charge is 0.875 e. The summed E-state index contributed by atoms with van der Waals surface area (Å²) in [6.07, 6.45) is 0. The first-order chi connectivity index (χ1) is 7.52. The first kappa shape index (κ1) is 12.0. The highest BCUT2D eigenvalue weighted by molar-refractivity contribution is 6.23. The molecule has 4 heteroatoms. The zero-order chi connectivity index (χ0) is 12.1. The predicted octanol–water partition coefficient (Wildman–Crippen LogP) is 1.30. The van der Waals surface area contributed by atoms with Gasteiger partial charge in [-0.15, -0.1) is 5.76 Å². The van der Waals surface area contributed by atoms with Gasteiger partial charge in [-0.1, -0.05) is 25.1 Å². The Kier molecular flexibility index (Phi) is 3.83. The van der Waals surface area contributed by atoms with E-state index in [1.807, 2.05) is 6.07 Å². The summed E-state index contributed by atoms with van der Waals surface area (Å²) in [7, 11) is 0. The Morgan fingerprint density at radius 1 is 1.25 bits per heavy atom. The zero-order valence-electron chi connectivity index (χ0n) is 9.20. The van der Waals surface area contributed by atoms with Gasteiger partial charge in [0.2, 0.25) is 0 Å². The molecule has 2 N–H and O–H groups in total. The van der Waals surface area contributed by atoms with E-state index >= 15 is 0 Å². The second-order valence-electron chi connectivity index (χ2n) is 3.38. The molecule has 0 aromatic heterocycles. The molecular formula is C12H13N2O2-. The maximum absolute atomic E-state index is 11.7. The molecule has 84 valence electrons. The van der Waals surface area contributed by atoms with Gasteiger partial charge in [-0.2, -0.15) is 0 Å². The van der Waals surface area contributed by atoms with Crippen molar-refractivity contribution in [2.75, 3.05) is 5.32 Å². The smallest absolute Gasteiger partial charge is 0.256 e. The molecule has 1 amide bonds. The number of carbonyl (C=O) groups is 1. The van der Waals surface area contributed by atoms with Crippen molar-refractivity contribution in [3.63, 3.8) is 0 Å². The van der Waals surface area contributed by atoms with Crippen molar-refractivity contribution in [1.29, 1.82) is 5.41 Å². The minimum atomic E-state index is -0.536. The summed E-state index contributed by atoms with van der Waals surface area (Å²) in [4.78, 5) is 11.7. The van der Waals surface area contributed by atoms with Gasteiger partial charge in [-0.25, -0.2) is 0 Å². The van der Waals surface area contributed by atoms with E-state index in [1.165, 1.54) is 13.8 Å². The second kappa shape index (κ2) is 5.11. The number of amides is 1. The summed E-state index contributed by atoms with van der Waals surface area (Å²) in [5.41, 5.74) is 0.470. The maximum Gasteiger partial charge on any atom is 0.256 e. The lowest BCUT2D eigenvalue weighted by Gasteiger charge is -2.14. The third-order valence-corrected chi connectivity index (χ3v) is 1.99. The van der Waals surface area contributed by atoms with Crippen LogP contribution in [-0.4, -0.2) is 11.6 Å². The van der Waals surface area contributed by atoms with Crippen LogP contribution in [0.25, 0.3) is 0 Å². The van der Waals surface area contributed by atoms with Crippen molar-refractivity contribution < 1.29 is 9.90 Å². The monoisotopic (exact) mass is 217 g/mol. The highest BCUT2D eigenvalue weighted by Gasteiger charge is 2.11. The summed E-state index contributed by atoms with van der Waals surface area (Å²) in [6, 6.07) is 8.82. The maximum atomic E-state index is 11.7. The first-order valence-electron chi connectivity index (χ1n) is 4.82. The van der Waals surface area contributed by atoms with Gasteiger partial charge in [0, 0.05) is 17.0 Å². The van der Waals surface area contributed by atoms with Crippen molar-refractivity contribution in [3.05, 3.63) is 41.7 Å². The average Bonchev–Trinajstić information content (AvgIpc) is 2.17. The number of hydrogen-bond acceptors (Lipinski definition) is 3. The summed E-state index contributed by atoms with van der Waals surface area (Å²) in [6.45, 7) is 2.69. The van der Waals surface area contributed by atoms with Crippen LogP contribution in [0.1, 0.15) is 13.8 Å². The van der Waals surface area contributed by atoms with Crippen LogP contribution >= 0.6 is 0 Å². The Bertz CT molecular complexity index is 432. The standard InChI is InChI=1S/C12H14N2O2/c1-8(13)11(9(2)15)12(16)14-10-6-4-3-5-7-10/h3-7,13,15H,1-2H3,(H,14,16)/p-1. The average molecular weight is 217 g/mol. The molecule has 0 aliphatic heterocycles. The Balaban J connectivity index is 2.88. The minimum absolute atomic E-state index is 0.0269. The second-order valence-corrected chi connectivity index (χ2v) is 3.38. The fourth-order valence-electron chi connectivity index (χ4n) is 1.31. The lowest BCUT2D eigenvalue weighted by molar-refractivity contribution is -0.302. The fraction of sp³-hybridized carbons (Fsp3) is 0.167. The van der Waals surface area contributed by atoms with Crippen LogP contribution in [0.15, 0.2) is 41.7 Å². The molecule has 0 unspecified atom stereocenters. The Hall–Kier alpha value is -2.10. The number of rotatable bonds is 3. The molecule has 0 fully saturated rings. The molecule has 16 heavy (non-hydrogen) atoms. The van der Waals surface area contributed by atoms with Crippen LogP contribution in [0.4, 0.5) is 5.69 Å². The number of para-hydroxylation sites is 1. The van der Waals surface area contributed by atoms with Gasteiger partial charge in [-0.3, -0.25) is 4.79 Å². The van der Waals surface area contributed by atoms with Crippen molar-refractivity contribution in [3.8, 4) is 0 Å². The molecule has 0 saturated carbocycles. The van der Waals surface area contributed by atoms with Crippen LogP contribution in [0.5, 0.6) is 0 Å². The molecule has 0 aliphatic rings. The molecule has 0 radical (unpaired) electrons. The van der Waals surface area contributed by atoms with Crippen LogP contribution in [0, 0.1) is 5.41 Å². The lowest BCUT2D eigenvalue weighted by Crippen LogP contribution is -2.23. The number of carbonyl (C=O) groups excluding carboxylic acids is 1. The number of allylic oxidation sites excluding steroid dienone is 1. The van der Waals surface area contributed by atoms with E-state index in [-0.39, 0.29) is 11.3 Å². The summed E-state index contributed by atoms with van der Waals surface area (Å²) in [5, 5.41) is 21.1. The normalized spacial score (nSPS) is 11.6. The van der Waals surface area contributed by atoms with E-state index in [0.29, 0.717) is 5.69 Å². The third-order valence-electron chi connectivity index (χ3n) is 1.99. The molecule has 1 aromatic carbocycles. The van der Waals surface area contributed by atoms with E-state index < -0.39 is 11.7 Å². The topological polar surface area (TPSA) is 76.0 Å². The minimum Gasteiger partial charge on any atom is -0.875 e. The lowest BCUT2D eigenvalue weighted by atomic mass is 10.1.